The van der Waals surface area contributed by atoms with Crippen molar-refractivity contribution in [3.05, 3.63) is 0 Å². The van der Waals surface area contributed by atoms with Gasteiger partial charge in [0.2, 0.25) is 0 Å². The van der Waals surface area contributed by atoms with E-state index in [9.17, 15) is 9.59 Å². The second-order valence-electron chi connectivity index (χ2n) is 4.62. The Morgan fingerprint density at radius 1 is 1.53 bits per heavy atom. The number of likely N-dealkylation sites (tertiary alicyclic amines) is 1. The van der Waals surface area contributed by atoms with E-state index in [2.05, 4.69) is 12.2 Å². The first-order chi connectivity index (χ1) is 8.04. The zero-order valence-electron chi connectivity index (χ0n) is 10.9. The molecule has 0 aromatic rings. The van der Waals surface area contributed by atoms with E-state index < -0.39 is 6.04 Å². The van der Waals surface area contributed by atoms with Gasteiger partial charge in [0.15, 0.2) is 0 Å². The number of urea groups is 1. The molecular formula is C12H22N2O3. The third kappa shape index (κ3) is 4.24. The van der Waals surface area contributed by atoms with Crippen molar-refractivity contribution in [2.75, 3.05) is 19.7 Å². The number of hydrogen-bond donors (Lipinski definition) is 1. The molecule has 0 saturated carbocycles. The van der Waals surface area contributed by atoms with Gasteiger partial charge in [-0.25, -0.2) is 9.59 Å². The number of rotatable bonds is 3. The molecule has 2 unspecified atom stereocenters. The molecule has 1 N–H and O–H groups in total. The van der Waals surface area contributed by atoms with Crippen LogP contribution in [0, 0.1) is 5.92 Å². The van der Waals surface area contributed by atoms with Crippen molar-refractivity contribution in [1.82, 2.24) is 10.2 Å². The number of hydrogen-bond acceptors (Lipinski definition) is 3. The smallest absolute Gasteiger partial charge is 0.328 e. The fourth-order valence-corrected chi connectivity index (χ4v) is 1.98. The summed E-state index contributed by atoms with van der Waals surface area (Å²) in [7, 11) is 0. The quantitative estimate of drug-likeness (QED) is 0.761. The first kappa shape index (κ1) is 13.8. The average Bonchev–Trinajstić information content (AvgIpc) is 2.29. The van der Waals surface area contributed by atoms with Gasteiger partial charge >= 0.3 is 12.0 Å². The van der Waals surface area contributed by atoms with Crippen LogP contribution in [0.2, 0.25) is 0 Å². The molecule has 0 aromatic heterocycles. The number of piperidine rings is 1. The van der Waals surface area contributed by atoms with Crippen LogP contribution in [0.15, 0.2) is 0 Å². The Kier molecular flexibility index (Phi) is 5.25. The summed E-state index contributed by atoms with van der Waals surface area (Å²) in [5.74, 6) is 0.151. The Bertz CT molecular complexity index is 281. The maximum atomic E-state index is 11.9. The standard InChI is InChI=1S/C12H22N2O3/c1-4-17-11(15)10(3)13-12(16)14-7-5-6-9(2)8-14/h9-10H,4-8H2,1-3H3,(H,13,16). The molecule has 5 heteroatoms. The van der Waals surface area contributed by atoms with Gasteiger partial charge in [0.1, 0.15) is 6.04 Å². The first-order valence-electron chi connectivity index (χ1n) is 6.26. The van der Waals surface area contributed by atoms with Crippen LogP contribution in [0.25, 0.3) is 0 Å². The highest BCUT2D eigenvalue weighted by Crippen LogP contribution is 2.15. The van der Waals surface area contributed by atoms with Crippen molar-refractivity contribution in [2.45, 2.75) is 39.7 Å². The molecule has 17 heavy (non-hydrogen) atoms. The lowest BCUT2D eigenvalue weighted by atomic mass is 10.0. The van der Waals surface area contributed by atoms with Crippen molar-refractivity contribution >= 4 is 12.0 Å². The SMILES string of the molecule is CCOC(=O)C(C)NC(=O)N1CCCC(C)C1. The van der Waals surface area contributed by atoms with Crippen molar-refractivity contribution < 1.29 is 14.3 Å². The predicted octanol–water partition coefficient (Wildman–Crippen LogP) is 1.38. The van der Waals surface area contributed by atoms with E-state index in [0.717, 1.165) is 25.9 Å². The van der Waals surface area contributed by atoms with Gasteiger partial charge in [-0.3, -0.25) is 0 Å². The molecule has 1 fully saturated rings. The van der Waals surface area contributed by atoms with Crippen molar-refractivity contribution in [1.29, 1.82) is 0 Å². The van der Waals surface area contributed by atoms with Gasteiger partial charge in [0.05, 0.1) is 6.61 Å². The minimum absolute atomic E-state index is 0.169. The lowest BCUT2D eigenvalue weighted by Gasteiger charge is -2.31. The molecule has 1 aliphatic rings. The molecule has 0 aromatic carbocycles. The minimum Gasteiger partial charge on any atom is -0.464 e. The topological polar surface area (TPSA) is 58.6 Å². The number of nitrogens with one attached hydrogen (secondary N) is 1. The Hall–Kier alpha value is -1.26. The summed E-state index contributed by atoms with van der Waals surface area (Å²) in [6.45, 7) is 7.39. The second kappa shape index (κ2) is 6.47. The monoisotopic (exact) mass is 242 g/mol. The van der Waals surface area contributed by atoms with Gasteiger partial charge in [0, 0.05) is 13.1 Å². The van der Waals surface area contributed by atoms with E-state index in [1.165, 1.54) is 0 Å². The Morgan fingerprint density at radius 3 is 2.82 bits per heavy atom. The highest BCUT2D eigenvalue weighted by Gasteiger charge is 2.24. The molecule has 2 atom stereocenters. The number of nitrogens with zero attached hydrogens (tertiary/aromatic N) is 1. The molecule has 0 radical (unpaired) electrons. The Morgan fingerprint density at radius 2 is 2.24 bits per heavy atom. The second-order valence-corrected chi connectivity index (χ2v) is 4.62. The first-order valence-corrected chi connectivity index (χ1v) is 6.26. The number of carbonyl (C=O) groups is 2. The fraction of sp³-hybridized carbons (Fsp3) is 0.833. The lowest BCUT2D eigenvalue weighted by molar-refractivity contribution is -0.144. The van der Waals surface area contributed by atoms with Crippen molar-refractivity contribution in [2.24, 2.45) is 5.92 Å². The highest BCUT2D eigenvalue weighted by atomic mass is 16.5. The van der Waals surface area contributed by atoms with Crippen LogP contribution >= 0.6 is 0 Å². The third-order valence-corrected chi connectivity index (χ3v) is 2.92. The van der Waals surface area contributed by atoms with Crippen LogP contribution in [-0.2, 0) is 9.53 Å². The highest BCUT2D eigenvalue weighted by molar-refractivity contribution is 5.83. The summed E-state index contributed by atoms with van der Waals surface area (Å²) in [5, 5.41) is 2.67. The van der Waals surface area contributed by atoms with E-state index >= 15 is 0 Å². The van der Waals surface area contributed by atoms with Gasteiger partial charge in [0.25, 0.3) is 0 Å². The maximum Gasteiger partial charge on any atom is 0.328 e. The molecule has 5 nitrogen and oxygen atoms in total. The molecule has 1 aliphatic heterocycles. The van der Waals surface area contributed by atoms with Crippen LogP contribution in [0.1, 0.15) is 33.6 Å². The Labute approximate surface area is 102 Å². The van der Waals surface area contributed by atoms with Gasteiger partial charge in [-0.05, 0) is 32.6 Å². The fourth-order valence-electron chi connectivity index (χ4n) is 1.98. The molecule has 1 rings (SSSR count). The molecule has 98 valence electrons. The predicted molar refractivity (Wildman–Crippen MR) is 64.6 cm³/mol. The zero-order valence-corrected chi connectivity index (χ0v) is 10.9. The summed E-state index contributed by atoms with van der Waals surface area (Å²) in [4.78, 5) is 25.0. The number of amides is 2. The lowest BCUT2D eigenvalue weighted by Crippen LogP contribution is -2.49. The van der Waals surface area contributed by atoms with E-state index in [0.29, 0.717) is 12.5 Å². The number of esters is 1. The average molecular weight is 242 g/mol. The number of carbonyl (C=O) groups excluding carboxylic acids is 2. The van der Waals surface area contributed by atoms with Gasteiger partial charge in [-0.2, -0.15) is 0 Å². The minimum atomic E-state index is -0.584. The summed E-state index contributed by atoms with van der Waals surface area (Å²) in [5.41, 5.74) is 0. The van der Waals surface area contributed by atoms with Crippen LogP contribution in [0.4, 0.5) is 4.79 Å². The molecular weight excluding hydrogens is 220 g/mol. The van der Waals surface area contributed by atoms with Crippen LogP contribution in [0.5, 0.6) is 0 Å². The zero-order chi connectivity index (χ0) is 12.8. The van der Waals surface area contributed by atoms with Crippen molar-refractivity contribution in [3.63, 3.8) is 0 Å². The number of ether oxygens (including phenoxy) is 1. The summed E-state index contributed by atoms with van der Waals surface area (Å²) in [6.07, 6.45) is 2.19. The molecule has 2 amide bonds. The third-order valence-electron chi connectivity index (χ3n) is 2.92. The summed E-state index contributed by atoms with van der Waals surface area (Å²) < 4.78 is 4.84. The van der Waals surface area contributed by atoms with E-state index in [-0.39, 0.29) is 12.0 Å². The molecule has 1 saturated heterocycles. The molecule has 0 spiro atoms. The van der Waals surface area contributed by atoms with E-state index in [1.54, 1.807) is 18.7 Å². The molecule has 1 heterocycles. The Balaban J connectivity index is 2.40. The largest absolute Gasteiger partial charge is 0.464 e. The summed E-state index contributed by atoms with van der Waals surface area (Å²) >= 11 is 0. The summed E-state index contributed by atoms with van der Waals surface area (Å²) in [6, 6.07) is -0.753. The van der Waals surface area contributed by atoms with Crippen molar-refractivity contribution in [3.8, 4) is 0 Å². The molecule has 0 bridgehead atoms. The van der Waals surface area contributed by atoms with Gasteiger partial charge < -0.3 is 15.0 Å². The van der Waals surface area contributed by atoms with Gasteiger partial charge in [-0.15, -0.1) is 0 Å². The van der Waals surface area contributed by atoms with Gasteiger partial charge in [-0.1, -0.05) is 6.92 Å². The van der Waals surface area contributed by atoms with E-state index in [4.69, 9.17) is 4.74 Å². The van der Waals surface area contributed by atoms with E-state index in [1.807, 2.05) is 0 Å². The normalized spacial score (nSPS) is 21.8. The van der Waals surface area contributed by atoms with Crippen LogP contribution in [-0.4, -0.2) is 42.6 Å². The van der Waals surface area contributed by atoms with Crippen LogP contribution in [0.3, 0.4) is 0 Å². The van der Waals surface area contributed by atoms with Crippen LogP contribution < -0.4 is 5.32 Å². The maximum absolute atomic E-state index is 11.9. The molecule has 0 aliphatic carbocycles.